The molecule has 0 aliphatic carbocycles. The van der Waals surface area contributed by atoms with Gasteiger partial charge in [0, 0.05) is 5.56 Å². The number of nitrogen functional groups attached to an aromatic ring is 1. The lowest BCUT2D eigenvalue weighted by Crippen LogP contribution is -1.99. The van der Waals surface area contributed by atoms with Gasteiger partial charge in [0.15, 0.2) is 0 Å². The molecule has 0 saturated heterocycles. The molecular formula is C15H11FN4. The van der Waals surface area contributed by atoms with Crippen molar-refractivity contribution < 1.29 is 4.39 Å². The van der Waals surface area contributed by atoms with Crippen LogP contribution in [0.25, 0.3) is 28.4 Å². The monoisotopic (exact) mass is 266 g/mol. The number of anilines is 1. The van der Waals surface area contributed by atoms with Gasteiger partial charge >= 0.3 is 0 Å². The van der Waals surface area contributed by atoms with Gasteiger partial charge in [-0.3, -0.25) is 0 Å². The van der Waals surface area contributed by atoms with E-state index < -0.39 is 0 Å². The third-order valence-electron chi connectivity index (χ3n) is 2.92. The summed E-state index contributed by atoms with van der Waals surface area (Å²) in [6.45, 7) is 3.70. The number of nitrogens with two attached hydrogens (primary N) is 1. The quantitative estimate of drug-likeness (QED) is 0.774. The first-order valence-electron chi connectivity index (χ1n) is 6.00. The van der Waals surface area contributed by atoms with Gasteiger partial charge in [0.1, 0.15) is 11.3 Å². The average Bonchev–Trinajstić information content (AvgIpc) is 2.46. The molecule has 0 spiro atoms. The van der Waals surface area contributed by atoms with Gasteiger partial charge < -0.3 is 5.73 Å². The Bertz CT molecular complexity index is 797. The summed E-state index contributed by atoms with van der Waals surface area (Å²) in [4.78, 5) is 12.7. The van der Waals surface area contributed by atoms with Crippen molar-refractivity contribution in [2.75, 3.05) is 5.73 Å². The Morgan fingerprint density at radius 2 is 1.75 bits per heavy atom. The van der Waals surface area contributed by atoms with Crippen molar-refractivity contribution in [3.63, 3.8) is 0 Å². The minimum Gasteiger partial charge on any atom is -0.368 e. The van der Waals surface area contributed by atoms with Crippen molar-refractivity contribution in [2.24, 2.45) is 0 Å². The van der Waals surface area contributed by atoms with Crippen LogP contribution in [0.15, 0.2) is 43.0 Å². The van der Waals surface area contributed by atoms with Gasteiger partial charge in [0.2, 0.25) is 5.95 Å². The van der Waals surface area contributed by atoms with Crippen LogP contribution in [0.4, 0.5) is 10.3 Å². The lowest BCUT2D eigenvalue weighted by Gasteiger charge is -2.05. The molecular weight excluding hydrogens is 255 g/mol. The third-order valence-corrected chi connectivity index (χ3v) is 2.92. The maximum Gasteiger partial charge on any atom is 0.221 e. The molecule has 0 saturated carbocycles. The minimum atomic E-state index is -0.280. The summed E-state index contributed by atoms with van der Waals surface area (Å²) in [5.41, 5.74) is 9.02. The molecule has 2 N–H and O–H groups in total. The highest BCUT2D eigenvalue weighted by molar-refractivity contribution is 5.85. The Balaban J connectivity index is 2.21. The minimum absolute atomic E-state index is 0.184. The maximum absolute atomic E-state index is 13.0. The highest BCUT2D eigenvalue weighted by atomic mass is 19.1. The molecule has 0 fully saturated rings. The Labute approximate surface area is 114 Å². The Morgan fingerprint density at radius 3 is 2.45 bits per heavy atom. The summed E-state index contributed by atoms with van der Waals surface area (Å²) >= 11 is 0. The molecule has 4 nitrogen and oxygen atoms in total. The maximum atomic E-state index is 13.0. The molecule has 0 bridgehead atoms. The second-order valence-corrected chi connectivity index (χ2v) is 4.24. The number of fused-ring (bicyclic) bond motifs is 1. The zero-order chi connectivity index (χ0) is 14.1. The Morgan fingerprint density at radius 1 is 1.00 bits per heavy atom. The van der Waals surface area contributed by atoms with Crippen LogP contribution in [-0.2, 0) is 0 Å². The average molecular weight is 266 g/mol. The topological polar surface area (TPSA) is 64.7 Å². The summed E-state index contributed by atoms with van der Waals surface area (Å²) in [5, 5.41) is 0. The summed E-state index contributed by atoms with van der Waals surface area (Å²) in [5.74, 6) is -0.0961. The molecule has 2 heterocycles. The summed E-state index contributed by atoms with van der Waals surface area (Å²) in [6.07, 6.45) is 1.59. The Hall–Kier alpha value is -2.82. The number of nitrogens with zero attached hydrogens (tertiary/aromatic N) is 3. The lowest BCUT2D eigenvalue weighted by molar-refractivity contribution is 0.628. The summed E-state index contributed by atoms with van der Waals surface area (Å²) in [7, 11) is 0. The number of aromatic nitrogens is 3. The van der Waals surface area contributed by atoms with Gasteiger partial charge in [-0.1, -0.05) is 6.58 Å². The first kappa shape index (κ1) is 12.2. The highest BCUT2D eigenvalue weighted by Crippen LogP contribution is 2.22. The van der Waals surface area contributed by atoms with Crippen LogP contribution in [0.3, 0.4) is 0 Å². The molecule has 1 aromatic carbocycles. The molecule has 0 amide bonds. The number of halogens is 1. The first-order valence-corrected chi connectivity index (χ1v) is 6.00. The number of hydrogen-bond acceptors (Lipinski definition) is 4. The van der Waals surface area contributed by atoms with Crippen LogP contribution in [0.5, 0.6) is 0 Å². The lowest BCUT2D eigenvalue weighted by atomic mass is 10.1. The van der Waals surface area contributed by atoms with E-state index >= 15 is 0 Å². The smallest absolute Gasteiger partial charge is 0.221 e. The third kappa shape index (κ3) is 2.09. The van der Waals surface area contributed by atoms with E-state index in [4.69, 9.17) is 5.73 Å². The Kier molecular flexibility index (Phi) is 2.87. The van der Waals surface area contributed by atoms with E-state index in [1.54, 1.807) is 18.2 Å². The van der Waals surface area contributed by atoms with E-state index in [1.165, 1.54) is 12.1 Å². The molecule has 0 aliphatic rings. The largest absolute Gasteiger partial charge is 0.368 e. The summed E-state index contributed by atoms with van der Waals surface area (Å²) < 4.78 is 13.0. The molecule has 0 radical (unpaired) electrons. The van der Waals surface area contributed by atoms with Crippen molar-refractivity contribution in [3.05, 3.63) is 54.5 Å². The second-order valence-electron chi connectivity index (χ2n) is 4.24. The van der Waals surface area contributed by atoms with E-state index in [-0.39, 0.29) is 11.8 Å². The van der Waals surface area contributed by atoms with Crippen LogP contribution in [0, 0.1) is 5.82 Å². The zero-order valence-corrected chi connectivity index (χ0v) is 10.5. The van der Waals surface area contributed by atoms with Crippen molar-refractivity contribution in [1.82, 2.24) is 15.0 Å². The van der Waals surface area contributed by atoms with Crippen molar-refractivity contribution in [2.45, 2.75) is 0 Å². The molecule has 0 unspecified atom stereocenters. The first-order chi connectivity index (χ1) is 9.67. The van der Waals surface area contributed by atoms with Crippen LogP contribution < -0.4 is 5.73 Å². The normalized spacial score (nSPS) is 10.7. The van der Waals surface area contributed by atoms with Crippen LogP contribution >= 0.6 is 0 Å². The van der Waals surface area contributed by atoms with E-state index in [1.807, 2.05) is 12.1 Å². The fourth-order valence-electron chi connectivity index (χ4n) is 1.98. The van der Waals surface area contributed by atoms with Gasteiger partial charge in [-0.05, 0) is 42.5 Å². The highest BCUT2D eigenvalue weighted by Gasteiger charge is 2.07. The zero-order valence-electron chi connectivity index (χ0n) is 10.5. The molecule has 98 valence electrons. The molecule has 0 atom stereocenters. The number of hydrogen-bond donors (Lipinski definition) is 1. The SMILES string of the molecule is C=Cc1nc(N)nc2ccc(-c3ccc(F)cc3)nc12. The van der Waals surface area contributed by atoms with Crippen molar-refractivity contribution in [3.8, 4) is 11.3 Å². The van der Waals surface area contributed by atoms with E-state index in [9.17, 15) is 4.39 Å². The van der Waals surface area contributed by atoms with Gasteiger partial charge in [-0.25, -0.2) is 19.3 Å². The van der Waals surface area contributed by atoms with Crippen LogP contribution in [0.1, 0.15) is 5.69 Å². The van der Waals surface area contributed by atoms with Gasteiger partial charge in [-0.2, -0.15) is 0 Å². The number of rotatable bonds is 2. The standard InChI is InChI=1S/C15H11FN4/c1-2-11-14-13(20-15(17)19-11)8-7-12(18-14)9-3-5-10(16)6-4-9/h2-8H,1H2,(H2,17,19,20). The van der Waals surface area contributed by atoms with Gasteiger partial charge in [0.25, 0.3) is 0 Å². The van der Waals surface area contributed by atoms with E-state index in [2.05, 4.69) is 21.5 Å². The van der Waals surface area contributed by atoms with Crippen LogP contribution in [0.2, 0.25) is 0 Å². The molecule has 3 aromatic rings. The fourth-order valence-corrected chi connectivity index (χ4v) is 1.98. The van der Waals surface area contributed by atoms with Gasteiger partial charge in [0.05, 0.1) is 16.9 Å². The number of benzene rings is 1. The predicted octanol–water partition coefficient (Wildman–Crippen LogP) is 3.06. The number of pyridine rings is 1. The second kappa shape index (κ2) is 4.70. The van der Waals surface area contributed by atoms with Crippen molar-refractivity contribution >= 4 is 23.1 Å². The fraction of sp³-hybridized carbons (Fsp3) is 0. The van der Waals surface area contributed by atoms with Crippen LogP contribution in [-0.4, -0.2) is 15.0 Å². The molecule has 20 heavy (non-hydrogen) atoms. The molecule has 2 aromatic heterocycles. The molecule has 3 rings (SSSR count). The van der Waals surface area contributed by atoms with Crippen molar-refractivity contribution in [1.29, 1.82) is 0 Å². The van der Waals surface area contributed by atoms with E-state index in [0.717, 1.165) is 5.56 Å². The van der Waals surface area contributed by atoms with E-state index in [0.29, 0.717) is 22.4 Å². The predicted molar refractivity (Wildman–Crippen MR) is 77.2 cm³/mol. The molecule has 5 heteroatoms. The molecule has 0 aliphatic heterocycles. The summed E-state index contributed by atoms with van der Waals surface area (Å²) in [6, 6.07) is 9.77. The van der Waals surface area contributed by atoms with Gasteiger partial charge in [-0.15, -0.1) is 0 Å².